The quantitative estimate of drug-likeness (QED) is 0.439. The first-order chi connectivity index (χ1) is 6.20. The van der Waals surface area contributed by atoms with Crippen LogP contribution in [0, 0.1) is 0 Å². The fourth-order valence-electron chi connectivity index (χ4n) is 1.08. The molecule has 66 valence electrons. The van der Waals surface area contributed by atoms with Gasteiger partial charge in [-0.25, -0.2) is 9.97 Å². The maximum atomic E-state index is 10.8. The minimum atomic E-state index is -0.843. The monoisotopic (exact) mass is 234 g/mol. The number of rotatable bonds is 0. The first-order valence-electron chi connectivity index (χ1n) is 3.43. The van der Waals surface area contributed by atoms with Gasteiger partial charge in [0.05, 0.1) is 5.65 Å². The zero-order chi connectivity index (χ0) is 9.42. The Kier molecular flexibility index (Phi) is 4.05. The minimum absolute atomic E-state index is 0. The van der Waals surface area contributed by atoms with Crippen molar-refractivity contribution in [2.24, 2.45) is 0 Å². The number of carbonyl (C=O) groups is 1. The molecule has 0 aliphatic carbocycles. The zero-order valence-electron chi connectivity index (χ0n) is 7.36. The first kappa shape index (κ1) is 12.1. The van der Waals surface area contributed by atoms with Crippen molar-refractivity contribution < 1.29 is 56.2 Å². The molecule has 0 radical (unpaired) electrons. The molecule has 2 heterocycles. The van der Waals surface area contributed by atoms with Gasteiger partial charge in [-0.05, 0) is 0 Å². The molecule has 7 heteroatoms. The van der Waals surface area contributed by atoms with Gasteiger partial charge in [-0.3, -0.25) is 4.79 Å². The molecule has 0 spiro atoms. The van der Waals surface area contributed by atoms with Crippen molar-refractivity contribution in [3.8, 4) is 0 Å². The molecule has 2 aromatic rings. The topological polar surface area (TPSA) is 71.6 Å². The van der Waals surface area contributed by atoms with E-state index in [1.165, 1.54) is 12.5 Å². The maximum absolute atomic E-state index is 10.8. The summed E-state index contributed by atoms with van der Waals surface area (Å²) in [5.41, 5.74) is 7.27. The number of fused-ring (bicyclic) bond motifs is 1. The third kappa shape index (κ3) is 2.00. The fraction of sp³-hybridized carbons (Fsp3) is 0. The smallest absolute Gasteiger partial charge is 0.447 e. The number of aromatic nitrogens is 3. The molecule has 0 aliphatic rings. The predicted octanol–water partition coefficient (Wildman–Crippen LogP) is -0.891. The van der Waals surface area contributed by atoms with Gasteiger partial charge in [-0.1, -0.05) is 23.9 Å². The van der Waals surface area contributed by atoms with E-state index in [-0.39, 0.29) is 56.5 Å². The minimum Gasteiger partial charge on any atom is -0.447 e. The van der Waals surface area contributed by atoms with E-state index in [0.717, 1.165) is 4.57 Å². The average Bonchev–Trinajstić information content (AvgIpc) is 2.48. The molecule has 5 nitrogen and oxygen atoms in total. The summed E-state index contributed by atoms with van der Waals surface area (Å²) in [7, 11) is 0. The summed E-state index contributed by atoms with van der Waals surface area (Å²) in [6.07, 6.45) is 2.70. The van der Waals surface area contributed by atoms with Crippen molar-refractivity contribution in [2.45, 2.75) is 0 Å². The van der Waals surface area contributed by atoms with Crippen molar-refractivity contribution in [3.63, 3.8) is 0 Å². The molecule has 0 atom stereocenters. The van der Waals surface area contributed by atoms with Crippen LogP contribution in [0.1, 0.15) is 0 Å². The van der Waals surface area contributed by atoms with Gasteiger partial charge in [0.25, 0.3) is 0 Å². The molecule has 0 saturated heterocycles. The summed E-state index contributed by atoms with van der Waals surface area (Å²) >= 11 is 5.74. The molecule has 2 rings (SSSR count). The maximum Gasteiger partial charge on any atom is 1.00 e. The summed E-state index contributed by atoms with van der Waals surface area (Å²) in [6.45, 7) is 0. The van der Waals surface area contributed by atoms with E-state index in [4.69, 9.17) is 17.3 Å². The molecule has 0 saturated carbocycles. The predicted molar refractivity (Wildman–Crippen MR) is 47.7 cm³/mol. The number of nitrogens with one attached hydrogen (secondary N) is 1. The molecule has 1 amide bonds. The summed E-state index contributed by atoms with van der Waals surface area (Å²) in [4.78, 5) is 18.4. The molecule has 0 aromatic carbocycles. The Morgan fingerprint density at radius 2 is 2.21 bits per heavy atom. The van der Waals surface area contributed by atoms with Crippen molar-refractivity contribution in [3.05, 3.63) is 29.5 Å². The number of halogens is 1. The second-order valence-corrected chi connectivity index (χ2v) is 2.75. The van der Waals surface area contributed by atoms with Crippen LogP contribution in [0.4, 0.5) is 4.79 Å². The Morgan fingerprint density at radius 3 is 2.86 bits per heavy atom. The molecule has 0 bridgehead atoms. The van der Waals surface area contributed by atoms with Crippen molar-refractivity contribution in [1.29, 1.82) is 0 Å². The summed E-state index contributed by atoms with van der Waals surface area (Å²) in [6, 6.07) is 0.758. The van der Waals surface area contributed by atoms with Gasteiger partial charge in [0.1, 0.15) is 11.5 Å². The van der Waals surface area contributed by atoms with E-state index in [2.05, 4.69) is 9.97 Å². The van der Waals surface area contributed by atoms with Crippen LogP contribution in [0.15, 0.2) is 18.6 Å². The largest absolute Gasteiger partial charge is 1.00 e. The van der Waals surface area contributed by atoms with Crippen molar-refractivity contribution in [1.82, 2.24) is 14.5 Å². The number of nitrogens with zero attached hydrogens (tertiary/aromatic N) is 3. The van der Waals surface area contributed by atoms with Crippen LogP contribution in [0.3, 0.4) is 0 Å². The molecule has 2 aromatic heterocycles. The normalized spacial score (nSPS) is 9.79. The third-order valence-corrected chi connectivity index (χ3v) is 1.95. The van der Waals surface area contributed by atoms with Crippen molar-refractivity contribution in [2.75, 3.05) is 0 Å². The summed E-state index contributed by atoms with van der Waals surface area (Å²) < 4.78 is 1.10. The molecule has 14 heavy (non-hydrogen) atoms. The van der Waals surface area contributed by atoms with E-state index >= 15 is 0 Å². The third-order valence-electron chi connectivity index (χ3n) is 1.65. The SMILES string of the molecule is [K+].[NH-]C(=O)n1ccc2c(Cl)ncnc21. The average molecular weight is 235 g/mol. The zero-order valence-corrected chi connectivity index (χ0v) is 11.2. The number of amides is 1. The molecule has 1 N–H and O–H groups in total. The number of hydrogen-bond acceptors (Lipinski definition) is 3. The van der Waals surface area contributed by atoms with Crippen LogP contribution in [-0.4, -0.2) is 20.6 Å². The Labute approximate surface area is 127 Å². The van der Waals surface area contributed by atoms with Gasteiger partial charge in [0, 0.05) is 5.39 Å². The van der Waals surface area contributed by atoms with Gasteiger partial charge >= 0.3 is 51.4 Å². The molecule has 0 unspecified atom stereocenters. The second kappa shape index (κ2) is 4.69. The molecular formula is C7H4ClKN4O. The molecule has 0 fully saturated rings. The standard InChI is InChI=1S/C7H5ClN4O.K/c8-5-4-1-2-12(7(9)13)6(4)11-3-10-5;/h1-3H,(H2,9,13);/q;+1/p-1. The van der Waals surface area contributed by atoms with Gasteiger partial charge in [-0.2, -0.15) is 0 Å². The van der Waals surface area contributed by atoms with E-state index in [0.29, 0.717) is 11.0 Å². The van der Waals surface area contributed by atoms with Crippen LogP contribution >= 0.6 is 11.6 Å². The fourth-order valence-corrected chi connectivity index (χ4v) is 1.28. The van der Waals surface area contributed by atoms with Gasteiger partial charge in [0.2, 0.25) is 0 Å². The van der Waals surface area contributed by atoms with E-state index in [9.17, 15) is 4.79 Å². The van der Waals surface area contributed by atoms with Crippen LogP contribution in [0.25, 0.3) is 16.8 Å². The Morgan fingerprint density at radius 1 is 1.50 bits per heavy atom. The Hall–Kier alpha value is 0.0164. The first-order valence-corrected chi connectivity index (χ1v) is 3.81. The van der Waals surface area contributed by atoms with Crippen LogP contribution < -0.4 is 51.4 Å². The summed E-state index contributed by atoms with van der Waals surface area (Å²) in [5.74, 6) is 0. The van der Waals surface area contributed by atoms with Crippen molar-refractivity contribution >= 4 is 28.7 Å². The van der Waals surface area contributed by atoms with Crippen LogP contribution in [0.2, 0.25) is 5.15 Å². The van der Waals surface area contributed by atoms with Gasteiger partial charge in [0.15, 0.2) is 6.03 Å². The summed E-state index contributed by atoms with van der Waals surface area (Å²) in [5, 5.41) is 0.856. The molecular weight excluding hydrogens is 231 g/mol. The Bertz CT molecular complexity index is 483. The van der Waals surface area contributed by atoms with Gasteiger partial charge < -0.3 is 10.3 Å². The van der Waals surface area contributed by atoms with Crippen LogP contribution in [0.5, 0.6) is 0 Å². The van der Waals surface area contributed by atoms with Gasteiger partial charge in [-0.15, -0.1) is 0 Å². The van der Waals surface area contributed by atoms with E-state index < -0.39 is 6.03 Å². The van der Waals surface area contributed by atoms with E-state index in [1.807, 2.05) is 0 Å². The second-order valence-electron chi connectivity index (χ2n) is 2.39. The van der Waals surface area contributed by atoms with Crippen LogP contribution in [-0.2, 0) is 0 Å². The number of carbonyl (C=O) groups excluding carboxylic acids is 1. The number of hydrogen-bond donors (Lipinski definition) is 0. The molecule has 0 aliphatic heterocycles. The Balaban J connectivity index is 0.000000980. The van der Waals surface area contributed by atoms with E-state index in [1.54, 1.807) is 6.07 Å².